The lowest BCUT2D eigenvalue weighted by Crippen LogP contribution is -2.49. The molecule has 0 aliphatic rings. The molecule has 1 amide bonds. The Morgan fingerprint density at radius 1 is 1.06 bits per heavy atom. The minimum absolute atomic E-state index is 0.0720. The Kier molecular flexibility index (Phi) is 6.61. The summed E-state index contributed by atoms with van der Waals surface area (Å²) in [5.41, 5.74) is 3.16. The third-order valence-electron chi connectivity index (χ3n) is 5.61. The Balaban J connectivity index is 1.85. The van der Waals surface area contributed by atoms with Crippen LogP contribution in [0.15, 0.2) is 71.7 Å². The van der Waals surface area contributed by atoms with Gasteiger partial charge >= 0.3 is 0 Å². The van der Waals surface area contributed by atoms with Crippen LogP contribution in [0.4, 0.5) is 4.39 Å². The van der Waals surface area contributed by atoms with Crippen molar-refractivity contribution in [2.24, 2.45) is 0 Å². The summed E-state index contributed by atoms with van der Waals surface area (Å²) in [7, 11) is -3.87. The lowest BCUT2D eigenvalue weighted by atomic mass is 10.00. The second-order valence-corrected chi connectivity index (χ2v) is 10.1. The van der Waals surface area contributed by atoms with E-state index in [1.807, 2.05) is 18.2 Å². The first-order valence-electron chi connectivity index (χ1n) is 9.77. The molecule has 168 valence electrons. The van der Waals surface area contributed by atoms with Gasteiger partial charge in [-0.3, -0.25) is 14.8 Å². The standard InChI is InChI=1S/C23H23FN2O5S/c1-23(22(28)25-29,32(2,30)31)11-13-26-12-10-18(15-21(26)27)17-8-9-19(20(24)14-17)16-6-4-3-5-7-16/h3-10,12,14-15,29H,11,13H2,1-2H3,(H,25,28). The van der Waals surface area contributed by atoms with Gasteiger partial charge in [-0.1, -0.05) is 42.5 Å². The van der Waals surface area contributed by atoms with E-state index in [1.54, 1.807) is 30.3 Å². The summed E-state index contributed by atoms with van der Waals surface area (Å²) in [6.07, 6.45) is 2.12. The van der Waals surface area contributed by atoms with Crippen LogP contribution in [0.2, 0.25) is 0 Å². The number of hydroxylamine groups is 1. The summed E-state index contributed by atoms with van der Waals surface area (Å²) in [4.78, 5) is 24.5. The molecule has 1 atom stereocenters. The molecular formula is C23H23FN2O5S. The molecule has 7 nitrogen and oxygen atoms in total. The predicted octanol–water partition coefficient (Wildman–Crippen LogP) is 3.02. The van der Waals surface area contributed by atoms with Crippen molar-refractivity contribution in [3.8, 4) is 22.3 Å². The molecule has 0 aliphatic carbocycles. The first-order chi connectivity index (χ1) is 15.1. The number of hydrogen-bond donors (Lipinski definition) is 2. The van der Waals surface area contributed by atoms with Gasteiger partial charge in [-0.15, -0.1) is 0 Å². The molecule has 1 aromatic heterocycles. The van der Waals surface area contributed by atoms with E-state index in [4.69, 9.17) is 5.21 Å². The zero-order chi connectivity index (χ0) is 23.5. The fraction of sp³-hybridized carbons (Fsp3) is 0.217. The van der Waals surface area contributed by atoms with E-state index in [2.05, 4.69) is 0 Å². The molecule has 0 radical (unpaired) electrons. The molecule has 3 rings (SSSR count). The highest BCUT2D eigenvalue weighted by molar-refractivity contribution is 7.92. The quantitative estimate of drug-likeness (QED) is 0.418. The largest absolute Gasteiger partial charge is 0.315 e. The molecule has 0 aliphatic heterocycles. The Morgan fingerprint density at radius 2 is 1.72 bits per heavy atom. The summed E-state index contributed by atoms with van der Waals surface area (Å²) in [6, 6.07) is 16.8. The van der Waals surface area contributed by atoms with Crippen molar-refractivity contribution in [1.82, 2.24) is 10.0 Å². The van der Waals surface area contributed by atoms with E-state index in [0.717, 1.165) is 11.8 Å². The van der Waals surface area contributed by atoms with Crippen molar-refractivity contribution >= 4 is 15.7 Å². The van der Waals surface area contributed by atoms with Crippen molar-refractivity contribution in [1.29, 1.82) is 0 Å². The number of carbonyl (C=O) groups excluding carboxylic acids is 1. The maximum atomic E-state index is 14.7. The van der Waals surface area contributed by atoms with E-state index in [9.17, 15) is 22.4 Å². The van der Waals surface area contributed by atoms with Gasteiger partial charge in [0.2, 0.25) is 0 Å². The maximum absolute atomic E-state index is 14.7. The third-order valence-corrected chi connectivity index (χ3v) is 7.64. The zero-order valence-electron chi connectivity index (χ0n) is 17.6. The topological polar surface area (TPSA) is 105 Å². The van der Waals surface area contributed by atoms with Crippen LogP contribution in [-0.2, 0) is 21.2 Å². The number of benzene rings is 2. The number of rotatable bonds is 7. The van der Waals surface area contributed by atoms with Crippen LogP contribution in [0.3, 0.4) is 0 Å². The molecule has 0 saturated carbocycles. The minimum Gasteiger partial charge on any atom is -0.315 e. The van der Waals surface area contributed by atoms with Gasteiger partial charge in [-0.2, -0.15) is 0 Å². The summed E-state index contributed by atoms with van der Waals surface area (Å²) >= 11 is 0. The van der Waals surface area contributed by atoms with Crippen LogP contribution in [-0.4, -0.2) is 35.1 Å². The molecule has 2 aromatic carbocycles. The Hall–Kier alpha value is -3.30. The maximum Gasteiger partial charge on any atom is 0.264 e. The molecular weight excluding hydrogens is 435 g/mol. The van der Waals surface area contributed by atoms with E-state index < -0.39 is 31.9 Å². The molecule has 0 fully saturated rings. The normalized spacial score (nSPS) is 13.4. The predicted molar refractivity (Wildman–Crippen MR) is 119 cm³/mol. The second-order valence-electron chi connectivity index (χ2n) is 7.70. The molecule has 1 unspecified atom stereocenters. The van der Waals surface area contributed by atoms with Gasteiger partial charge in [-0.25, -0.2) is 18.3 Å². The number of pyridine rings is 1. The smallest absolute Gasteiger partial charge is 0.264 e. The highest BCUT2D eigenvalue weighted by Gasteiger charge is 2.43. The van der Waals surface area contributed by atoms with Crippen LogP contribution in [0.1, 0.15) is 13.3 Å². The number of sulfone groups is 1. The molecule has 9 heteroatoms. The van der Waals surface area contributed by atoms with Gasteiger partial charge in [0, 0.05) is 30.6 Å². The van der Waals surface area contributed by atoms with Gasteiger partial charge in [0.05, 0.1) is 0 Å². The second kappa shape index (κ2) is 9.05. The van der Waals surface area contributed by atoms with Gasteiger partial charge in [0.25, 0.3) is 11.5 Å². The van der Waals surface area contributed by atoms with Crippen molar-refractivity contribution in [3.05, 3.63) is 83.0 Å². The zero-order valence-corrected chi connectivity index (χ0v) is 18.4. The number of carbonyl (C=O) groups is 1. The van der Waals surface area contributed by atoms with Crippen LogP contribution in [0.5, 0.6) is 0 Å². The van der Waals surface area contributed by atoms with E-state index in [-0.39, 0.29) is 13.0 Å². The van der Waals surface area contributed by atoms with E-state index >= 15 is 0 Å². The Labute approximate surface area is 185 Å². The number of amides is 1. The van der Waals surface area contributed by atoms with Crippen molar-refractivity contribution in [2.45, 2.75) is 24.6 Å². The Morgan fingerprint density at radius 3 is 2.28 bits per heavy atom. The van der Waals surface area contributed by atoms with E-state index in [1.165, 1.54) is 35.3 Å². The van der Waals surface area contributed by atoms with Gasteiger partial charge in [0.15, 0.2) is 14.6 Å². The highest BCUT2D eigenvalue weighted by atomic mass is 32.2. The number of aryl methyl sites for hydroxylation is 1. The highest BCUT2D eigenvalue weighted by Crippen LogP contribution is 2.27. The summed E-state index contributed by atoms with van der Waals surface area (Å²) in [6.45, 7) is 1.11. The molecule has 0 saturated heterocycles. The molecule has 2 N–H and O–H groups in total. The average Bonchev–Trinajstić information content (AvgIpc) is 2.77. The van der Waals surface area contributed by atoms with Gasteiger partial charge in [-0.05, 0) is 42.2 Å². The van der Waals surface area contributed by atoms with Crippen LogP contribution in [0, 0.1) is 5.82 Å². The van der Waals surface area contributed by atoms with Crippen LogP contribution in [0.25, 0.3) is 22.3 Å². The number of nitrogens with zero attached hydrogens (tertiary/aromatic N) is 1. The summed E-state index contributed by atoms with van der Waals surface area (Å²) in [5, 5.41) is 8.90. The summed E-state index contributed by atoms with van der Waals surface area (Å²) < 4.78 is 38.2. The molecule has 32 heavy (non-hydrogen) atoms. The number of halogens is 1. The van der Waals surface area contributed by atoms with Crippen molar-refractivity contribution in [3.63, 3.8) is 0 Å². The Bertz CT molecular complexity index is 1310. The monoisotopic (exact) mass is 458 g/mol. The SMILES string of the molecule is CC(CCn1ccc(-c2ccc(-c3ccccc3)c(F)c2)cc1=O)(C(=O)NO)S(C)(=O)=O. The first-order valence-corrected chi connectivity index (χ1v) is 11.7. The number of aromatic nitrogens is 1. The van der Waals surface area contributed by atoms with Crippen molar-refractivity contribution in [2.75, 3.05) is 6.26 Å². The molecule has 0 spiro atoms. The van der Waals surface area contributed by atoms with Gasteiger partial charge < -0.3 is 4.57 Å². The number of hydrogen-bond acceptors (Lipinski definition) is 5. The fourth-order valence-corrected chi connectivity index (χ4v) is 4.18. The minimum atomic E-state index is -3.87. The summed E-state index contributed by atoms with van der Waals surface area (Å²) in [5.74, 6) is -1.49. The number of nitrogens with one attached hydrogen (secondary N) is 1. The van der Waals surface area contributed by atoms with Crippen molar-refractivity contribution < 1.29 is 22.8 Å². The average molecular weight is 459 g/mol. The molecule has 1 heterocycles. The molecule has 3 aromatic rings. The van der Waals surface area contributed by atoms with Crippen LogP contribution >= 0.6 is 0 Å². The molecule has 0 bridgehead atoms. The third kappa shape index (κ3) is 4.63. The van der Waals surface area contributed by atoms with Gasteiger partial charge in [0.1, 0.15) is 5.82 Å². The van der Waals surface area contributed by atoms with E-state index in [0.29, 0.717) is 16.7 Å². The lowest BCUT2D eigenvalue weighted by Gasteiger charge is -2.25. The fourth-order valence-electron chi connectivity index (χ4n) is 3.34. The lowest BCUT2D eigenvalue weighted by molar-refractivity contribution is -0.131. The van der Waals surface area contributed by atoms with Crippen LogP contribution < -0.4 is 11.0 Å². The first kappa shape index (κ1) is 23.4.